The molecule has 0 atom stereocenters. The molecule has 0 saturated carbocycles. The molecule has 0 aromatic rings. The van der Waals surface area contributed by atoms with Gasteiger partial charge in [-0.15, -0.1) is 0 Å². The molecule has 0 unspecified atom stereocenters. The Labute approximate surface area is 118 Å². The lowest BCUT2D eigenvalue weighted by molar-refractivity contribution is 0.0215. The molecule has 0 aliphatic carbocycles. The van der Waals surface area contributed by atoms with Crippen LogP contribution in [0.4, 0.5) is 0 Å². The second-order valence-electron chi connectivity index (χ2n) is 6.58. The van der Waals surface area contributed by atoms with Gasteiger partial charge in [-0.05, 0) is 38.3 Å². The van der Waals surface area contributed by atoms with Crippen LogP contribution in [0, 0.1) is 5.92 Å². The predicted octanol–water partition coefficient (Wildman–Crippen LogP) is 1.16. The smallest absolute Gasteiger partial charge is 0.0593 e. The predicted molar refractivity (Wildman–Crippen MR) is 79.3 cm³/mol. The van der Waals surface area contributed by atoms with Crippen LogP contribution in [0.25, 0.3) is 0 Å². The van der Waals surface area contributed by atoms with Crippen molar-refractivity contribution < 1.29 is 4.74 Å². The molecule has 0 amide bonds. The molecule has 0 aromatic carbocycles. The van der Waals surface area contributed by atoms with Crippen molar-refractivity contribution in [3.05, 3.63) is 0 Å². The van der Waals surface area contributed by atoms with E-state index in [1.807, 2.05) is 0 Å². The third-order valence-electron chi connectivity index (χ3n) is 4.68. The van der Waals surface area contributed by atoms with Crippen molar-refractivity contribution in [2.45, 2.75) is 38.6 Å². The van der Waals surface area contributed by atoms with Gasteiger partial charge in [-0.2, -0.15) is 0 Å². The number of likely N-dealkylation sites (tertiary alicyclic amines) is 1. The normalized spacial score (nSPS) is 26.5. The fourth-order valence-corrected chi connectivity index (χ4v) is 3.54. The zero-order valence-corrected chi connectivity index (χ0v) is 12.7. The summed E-state index contributed by atoms with van der Waals surface area (Å²) in [7, 11) is 0. The first-order valence-electron chi connectivity index (χ1n) is 7.91. The summed E-state index contributed by atoms with van der Waals surface area (Å²) < 4.78 is 5.59. The third kappa shape index (κ3) is 3.91. The zero-order valence-electron chi connectivity index (χ0n) is 12.7. The first kappa shape index (κ1) is 15.2. The highest BCUT2D eigenvalue weighted by molar-refractivity contribution is 4.96. The molecule has 0 bridgehead atoms. The van der Waals surface area contributed by atoms with Gasteiger partial charge in [-0.3, -0.25) is 4.90 Å². The first-order valence-corrected chi connectivity index (χ1v) is 7.91. The lowest BCUT2D eigenvalue weighted by Gasteiger charge is -2.48. The Hall–Kier alpha value is -0.160. The van der Waals surface area contributed by atoms with Gasteiger partial charge in [0.1, 0.15) is 0 Å². The minimum Gasteiger partial charge on any atom is -0.380 e. The van der Waals surface area contributed by atoms with Crippen LogP contribution < -0.4 is 5.73 Å². The number of nitrogens with two attached hydrogens (primary N) is 1. The highest BCUT2D eigenvalue weighted by Gasteiger charge is 2.38. The highest BCUT2D eigenvalue weighted by atomic mass is 16.5. The highest BCUT2D eigenvalue weighted by Crippen LogP contribution is 2.29. The molecule has 0 aromatic heterocycles. The Kier molecular flexibility index (Phi) is 5.63. The minimum absolute atomic E-state index is 0.237. The van der Waals surface area contributed by atoms with Crippen molar-refractivity contribution in [1.29, 1.82) is 0 Å². The topological polar surface area (TPSA) is 41.7 Å². The van der Waals surface area contributed by atoms with Gasteiger partial charge < -0.3 is 15.4 Å². The van der Waals surface area contributed by atoms with E-state index in [1.165, 1.54) is 32.5 Å². The number of rotatable bonds is 4. The van der Waals surface area contributed by atoms with Crippen LogP contribution in [0.3, 0.4) is 0 Å². The van der Waals surface area contributed by atoms with E-state index in [2.05, 4.69) is 23.6 Å². The van der Waals surface area contributed by atoms with Gasteiger partial charge in [0.25, 0.3) is 0 Å². The van der Waals surface area contributed by atoms with Gasteiger partial charge in [0.05, 0.1) is 6.61 Å². The van der Waals surface area contributed by atoms with E-state index in [1.54, 1.807) is 0 Å². The maximum atomic E-state index is 6.17. The van der Waals surface area contributed by atoms with Crippen LogP contribution in [0.15, 0.2) is 0 Å². The molecule has 112 valence electrons. The largest absolute Gasteiger partial charge is 0.380 e. The van der Waals surface area contributed by atoms with Crippen molar-refractivity contribution in [1.82, 2.24) is 9.80 Å². The number of nitrogens with zero attached hydrogens (tertiary/aromatic N) is 2. The van der Waals surface area contributed by atoms with Gasteiger partial charge in [0.15, 0.2) is 0 Å². The Balaban J connectivity index is 1.92. The lowest BCUT2D eigenvalue weighted by Crippen LogP contribution is -2.60. The van der Waals surface area contributed by atoms with Crippen LogP contribution >= 0.6 is 0 Å². The molecule has 0 radical (unpaired) electrons. The van der Waals surface area contributed by atoms with E-state index < -0.39 is 0 Å². The van der Waals surface area contributed by atoms with Crippen LogP contribution in [-0.2, 0) is 4.74 Å². The van der Waals surface area contributed by atoms with Crippen LogP contribution in [0.1, 0.15) is 33.1 Å². The Morgan fingerprint density at radius 1 is 1.11 bits per heavy atom. The third-order valence-corrected chi connectivity index (χ3v) is 4.68. The van der Waals surface area contributed by atoms with Gasteiger partial charge in [-0.1, -0.05) is 13.8 Å². The van der Waals surface area contributed by atoms with Gasteiger partial charge in [0.2, 0.25) is 0 Å². The number of piperidine rings is 1. The van der Waals surface area contributed by atoms with Gasteiger partial charge in [-0.25, -0.2) is 0 Å². The molecule has 2 saturated heterocycles. The Morgan fingerprint density at radius 3 is 2.47 bits per heavy atom. The summed E-state index contributed by atoms with van der Waals surface area (Å²) >= 11 is 0. The van der Waals surface area contributed by atoms with Crippen molar-refractivity contribution in [2.24, 2.45) is 11.7 Å². The minimum atomic E-state index is 0.237. The summed E-state index contributed by atoms with van der Waals surface area (Å²) in [6.07, 6.45) is 3.59. The maximum absolute atomic E-state index is 6.17. The quantitative estimate of drug-likeness (QED) is 0.831. The summed E-state index contributed by atoms with van der Waals surface area (Å²) in [6, 6.07) is 0. The second kappa shape index (κ2) is 7.02. The molecule has 2 fully saturated rings. The summed E-state index contributed by atoms with van der Waals surface area (Å²) in [4.78, 5) is 5.22. The molecular formula is C15H31N3O. The number of hydrogen-bond acceptors (Lipinski definition) is 4. The SMILES string of the molecule is CC(C)CN1CCC(CN)(N2CCCOCC2)CC1. The lowest BCUT2D eigenvalue weighted by atomic mass is 9.85. The number of hydrogen-bond donors (Lipinski definition) is 1. The van der Waals surface area contributed by atoms with Gasteiger partial charge in [0, 0.05) is 38.3 Å². The summed E-state index contributed by atoms with van der Waals surface area (Å²) in [5.74, 6) is 0.761. The Morgan fingerprint density at radius 2 is 1.84 bits per heavy atom. The zero-order chi connectivity index (χ0) is 13.7. The van der Waals surface area contributed by atoms with Crippen LogP contribution in [0.2, 0.25) is 0 Å². The molecule has 4 heteroatoms. The first-order chi connectivity index (χ1) is 9.16. The average molecular weight is 269 g/mol. The van der Waals surface area contributed by atoms with Crippen LogP contribution in [0.5, 0.6) is 0 Å². The fourth-order valence-electron chi connectivity index (χ4n) is 3.54. The van der Waals surface area contributed by atoms with Crippen molar-refractivity contribution in [3.8, 4) is 0 Å². The molecule has 2 rings (SSSR count). The van der Waals surface area contributed by atoms with Crippen molar-refractivity contribution in [2.75, 3.05) is 52.5 Å². The molecule has 2 aliphatic rings. The summed E-state index contributed by atoms with van der Waals surface area (Å²) in [6.45, 7) is 13.0. The average Bonchev–Trinajstić information content (AvgIpc) is 2.69. The van der Waals surface area contributed by atoms with Crippen LogP contribution in [-0.4, -0.2) is 67.8 Å². The van der Waals surface area contributed by atoms with Crippen molar-refractivity contribution in [3.63, 3.8) is 0 Å². The molecule has 0 spiro atoms. The summed E-state index contributed by atoms with van der Waals surface area (Å²) in [5.41, 5.74) is 6.40. The van der Waals surface area contributed by atoms with E-state index >= 15 is 0 Å². The second-order valence-corrected chi connectivity index (χ2v) is 6.58. The summed E-state index contributed by atoms with van der Waals surface area (Å²) in [5, 5.41) is 0. The van der Waals surface area contributed by atoms with E-state index in [0.29, 0.717) is 0 Å². The van der Waals surface area contributed by atoms with Gasteiger partial charge >= 0.3 is 0 Å². The van der Waals surface area contributed by atoms with E-state index in [0.717, 1.165) is 45.2 Å². The maximum Gasteiger partial charge on any atom is 0.0593 e. The van der Waals surface area contributed by atoms with E-state index in [9.17, 15) is 0 Å². The molecule has 2 N–H and O–H groups in total. The van der Waals surface area contributed by atoms with E-state index in [4.69, 9.17) is 10.5 Å². The van der Waals surface area contributed by atoms with Crippen molar-refractivity contribution >= 4 is 0 Å². The Bertz CT molecular complexity index is 254. The monoisotopic (exact) mass is 269 g/mol. The fraction of sp³-hybridized carbons (Fsp3) is 1.00. The molecular weight excluding hydrogens is 238 g/mol. The molecule has 2 aliphatic heterocycles. The number of ether oxygens (including phenoxy) is 1. The molecule has 4 nitrogen and oxygen atoms in total. The molecule has 2 heterocycles. The standard InChI is InChI=1S/C15H31N3O/c1-14(2)12-17-7-4-15(13-16,5-8-17)18-6-3-10-19-11-9-18/h14H,3-13,16H2,1-2H3. The van der Waals surface area contributed by atoms with E-state index in [-0.39, 0.29) is 5.54 Å². The molecule has 19 heavy (non-hydrogen) atoms.